The van der Waals surface area contributed by atoms with Gasteiger partial charge in [0.05, 0.1) is 17.2 Å². The van der Waals surface area contributed by atoms with Crippen molar-refractivity contribution in [1.29, 1.82) is 0 Å². The standard InChI is InChI=1S/C26H19BrClN3O6/c1-2-37-23-12-15(11-22(28)19(23)13-16-6-3-4-9-21(16)27)10-20-24(32)29-26(34)30(25(20)33)17-7-5-8-18(14-17)31(35)36/h3-12,14H,2,13H2,1H3,(H,29,32,34)/b20-10+. The zero-order valence-corrected chi connectivity index (χ0v) is 21.7. The van der Waals surface area contributed by atoms with Gasteiger partial charge in [-0.05, 0) is 48.4 Å². The number of nitrogens with zero attached hydrogens (tertiary/aromatic N) is 2. The Morgan fingerprint density at radius 2 is 1.86 bits per heavy atom. The van der Waals surface area contributed by atoms with Gasteiger partial charge in [0.25, 0.3) is 17.5 Å². The molecule has 37 heavy (non-hydrogen) atoms. The number of barbiturate groups is 1. The third-order valence-corrected chi connectivity index (χ3v) is 6.62. The number of carbonyl (C=O) groups excluding carboxylic acids is 3. The van der Waals surface area contributed by atoms with Crippen molar-refractivity contribution in [2.45, 2.75) is 13.3 Å². The molecule has 0 atom stereocenters. The Labute approximate surface area is 225 Å². The van der Waals surface area contributed by atoms with Crippen LogP contribution >= 0.6 is 27.5 Å². The van der Waals surface area contributed by atoms with E-state index in [2.05, 4.69) is 21.2 Å². The number of halogens is 2. The fourth-order valence-corrected chi connectivity index (χ4v) is 4.52. The molecule has 1 saturated heterocycles. The van der Waals surface area contributed by atoms with Crippen molar-refractivity contribution in [3.05, 3.63) is 103 Å². The summed E-state index contributed by atoms with van der Waals surface area (Å²) in [5.41, 5.74) is 1.41. The average molecular weight is 585 g/mol. The fraction of sp³-hybridized carbons (Fsp3) is 0.115. The molecule has 9 nitrogen and oxygen atoms in total. The molecule has 1 aliphatic heterocycles. The van der Waals surface area contributed by atoms with Crippen LogP contribution < -0.4 is 15.0 Å². The van der Waals surface area contributed by atoms with Crippen molar-refractivity contribution in [2.75, 3.05) is 11.5 Å². The van der Waals surface area contributed by atoms with Crippen LogP contribution in [0.25, 0.3) is 6.08 Å². The van der Waals surface area contributed by atoms with Crippen molar-refractivity contribution in [1.82, 2.24) is 5.32 Å². The van der Waals surface area contributed by atoms with Gasteiger partial charge < -0.3 is 4.74 Å². The molecular formula is C26H19BrClN3O6. The lowest BCUT2D eigenvalue weighted by Gasteiger charge is -2.26. The molecule has 1 fully saturated rings. The second-order valence-corrected chi connectivity index (χ2v) is 9.18. The molecule has 3 aromatic carbocycles. The van der Waals surface area contributed by atoms with Gasteiger partial charge in [0.2, 0.25) is 0 Å². The number of carbonyl (C=O) groups is 3. The first-order valence-electron chi connectivity index (χ1n) is 11.0. The number of amides is 4. The first-order valence-corrected chi connectivity index (χ1v) is 12.2. The maximum Gasteiger partial charge on any atom is 0.335 e. The largest absolute Gasteiger partial charge is 0.494 e. The van der Waals surface area contributed by atoms with Gasteiger partial charge in [-0.2, -0.15) is 0 Å². The predicted octanol–water partition coefficient (Wildman–Crippen LogP) is 5.67. The summed E-state index contributed by atoms with van der Waals surface area (Å²) in [5, 5.41) is 13.6. The molecule has 1 aliphatic rings. The Balaban J connectivity index is 1.73. The van der Waals surface area contributed by atoms with Crippen molar-refractivity contribution < 1.29 is 24.0 Å². The fourth-order valence-electron chi connectivity index (χ4n) is 3.81. The van der Waals surface area contributed by atoms with Gasteiger partial charge in [0.1, 0.15) is 11.3 Å². The highest BCUT2D eigenvalue weighted by Crippen LogP contribution is 2.34. The number of non-ortho nitro benzene ring substituents is 1. The van der Waals surface area contributed by atoms with Crippen LogP contribution in [0.4, 0.5) is 16.2 Å². The molecule has 4 amide bonds. The molecule has 0 unspecified atom stereocenters. The number of anilines is 1. The normalized spacial score (nSPS) is 14.6. The van der Waals surface area contributed by atoms with Gasteiger partial charge in [-0.3, -0.25) is 25.0 Å². The first-order chi connectivity index (χ1) is 17.7. The van der Waals surface area contributed by atoms with Crippen LogP contribution in [0, 0.1) is 10.1 Å². The molecule has 0 spiro atoms. The predicted molar refractivity (Wildman–Crippen MR) is 142 cm³/mol. The molecular weight excluding hydrogens is 566 g/mol. The molecule has 3 aromatic rings. The summed E-state index contributed by atoms with van der Waals surface area (Å²) in [6.07, 6.45) is 1.77. The molecule has 1 heterocycles. The number of benzene rings is 3. The summed E-state index contributed by atoms with van der Waals surface area (Å²) >= 11 is 10.2. The number of urea groups is 1. The number of nitrogens with one attached hydrogen (secondary N) is 1. The van der Waals surface area contributed by atoms with Gasteiger partial charge in [0.15, 0.2) is 0 Å². The number of rotatable bonds is 7. The minimum atomic E-state index is -1.01. The lowest BCUT2D eigenvalue weighted by atomic mass is 10.00. The average Bonchev–Trinajstić information content (AvgIpc) is 2.85. The van der Waals surface area contributed by atoms with Gasteiger partial charge in [-0.1, -0.05) is 51.8 Å². The highest BCUT2D eigenvalue weighted by molar-refractivity contribution is 9.10. The monoisotopic (exact) mass is 583 g/mol. The summed E-state index contributed by atoms with van der Waals surface area (Å²) < 4.78 is 6.73. The second kappa shape index (κ2) is 10.9. The zero-order valence-electron chi connectivity index (χ0n) is 19.4. The van der Waals surface area contributed by atoms with Crippen molar-refractivity contribution >= 4 is 62.8 Å². The number of hydrogen-bond donors (Lipinski definition) is 1. The second-order valence-electron chi connectivity index (χ2n) is 7.92. The van der Waals surface area contributed by atoms with Gasteiger partial charge in [-0.15, -0.1) is 0 Å². The van der Waals surface area contributed by atoms with E-state index in [-0.39, 0.29) is 16.9 Å². The highest BCUT2D eigenvalue weighted by atomic mass is 79.9. The minimum Gasteiger partial charge on any atom is -0.494 e. The Hall–Kier alpha value is -4.02. The number of imide groups is 2. The van der Waals surface area contributed by atoms with Crippen molar-refractivity contribution in [2.24, 2.45) is 0 Å². The van der Waals surface area contributed by atoms with E-state index < -0.39 is 22.8 Å². The van der Waals surface area contributed by atoms with Crippen molar-refractivity contribution in [3.8, 4) is 5.75 Å². The van der Waals surface area contributed by atoms with Crippen LogP contribution in [-0.4, -0.2) is 29.4 Å². The summed E-state index contributed by atoms with van der Waals surface area (Å²) in [4.78, 5) is 49.4. The number of hydrogen-bond acceptors (Lipinski definition) is 6. The van der Waals surface area contributed by atoms with Crippen LogP contribution in [0.3, 0.4) is 0 Å². The Kier molecular flexibility index (Phi) is 7.70. The summed E-state index contributed by atoms with van der Waals surface area (Å²) in [6, 6.07) is 14.9. The SMILES string of the molecule is CCOc1cc(/C=C2\C(=O)NC(=O)N(c3cccc([N+](=O)[O-])c3)C2=O)cc(Cl)c1Cc1ccccc1Br. The Bertz CT molecular complexity index is 1470. The van der Waals surface area contributed by atoms with E-state index in [0.717, 1.165) is 21.7 Å². The van der Waals surface area contributed by atoms with E-state index in [1.165, 1.54) is 24.3 Å². The molecule has 188 valence electrons. The topological polar surface area (TPSA) is 119 Å². The smallest absolute Gasteiger partial charge is 0.335 e. The molecule has 0 bridgehead atoms. The molecule has 0 aromatic heterocycles. The minimum absolute atomic E-state index is 0.0491. The molecule has 0 aliphatic carbocycles. The maximum atomic E-state index is 13.2. The molecule has 11 heteroatoms. The quantitative estimate of drug-likeness (QED) is 0.166. The van der Waals surface area contributed by atoms with Crippen LogP contribution in [0.5, 0.6) is 5.75 Å². The third-order valence-electron chi connectivity index (χ3n) is 5.51. The van der Waals surface area contributed by atoms with Crippen LogP contribution in [-0.2, 0) is 16.0 Å². The van der Waals surface area contributed by atoms with Crippen LogP contribution in [0.2, 0.25) is 5.02 Å². The molecule has 0 saturated carbocycles. The number of nitro groups is 1. The Morgan fingerprint density at radius 1 is 1.11 bits per heavy atom. The van der Waals surface area contributed by atoms with Gasteiger partial charge in [-0.25, -0.2) is 9.69 Å². The van der Waals surface area contributed by atoms with Crippen LogP contribution in [0.15, 0.2) is 70.7 Å². The maximum absolute atomic E-state index is 13.2. The lowest BCUT2D eigenvalue weighted by Crippen LogP contribution is -2.54. The summed E-state index contributed by atoms with van der Waals surface area (Å²) in [6.45, 7) is 2.18. The van der Waals surface area contributed by atoms with E-state index in [1.807, 2.05) is 31.2 Å². The highest BCUT2D eigenvalue weighted by Gasteiger charge is 2.37. The van der Waals surface area contributed by atoms with Crippen LogP contribution in [0.1, 0.15) is 23.6 Å². The summed E-state index contributed by atoms with van der Waals surface area (Å²) in [7, 11) is 0. The number of nitro benzene ring substituents is 1. The number of ether oxygens (including phenoxy) is 1. The molecule has 4 rings (SSSR count). The van der Waals surface area contributed by atoms with E-state index in [4.69, 9.17) is 16.3 Å². The van der Waals surface area contributed by atoms with E-state index in [1.54, 1.807) is 12.1 Å². The lowest BCUT2D eigenvalue weighted by molar-refractivity contribution is -0.384. The zero-order chi connectivity index (χ0) is 26.7. The third kappa shape index (κ3) is 5.55. The van der Waals surface area contributed by atoms with Crippen molar-refractivity contribution in [3.63, 3.8) is 0 Å². The molecule has 1 N–H and O–H groups in total. The summed E-state index contributed by atoms with van der Waals surface area (Å²) in [5.74, 6) is -1.35. The first kappa shape index (κ1) is 26.1. The van der Waals surface area contributed by atoms with E-state index in [9.17, 15) is 24.5 Å². The van der Waals surface area contributed by atoms with E-state index in [0.29, 0.717) is 34.3 Å². The van der Waals surface area contributed by atoms with Gasteiger partial charge in [0, 0.05) is 33.6 Å². The van der Waals surface area contributed by atoms with Gasteiger partial charge >= 0.3 is 6.03 Å². The van der Waals surface area contributed by atoms with E-state index >= 15 is 0 Å². The molecule has 0 radical (unpaired) electrons. The Morgan fingerprint density at radius 3 is 2.57 bits per heavy atom.